The minimum absolute atomic E-state index is 0.398. The van der Waals surface area contributed by atoms with E-state index in [9.17, 15) is 5.11 Å². The largest absolute Gasteiger partial charge is 0.508 e. The van der Waals surface area contributed by atoms with Crippen molar-refractivity contribution in [1.29, 1.82) is 0 Å². The van der Waals surface area contributed by atoms with Crippen LogP contribution in [0.4, 0.5) is 5.69 Å². The predicted molar refractivity (Wildman–Crippen MR) is 94.1 cm³/mol. The molecule has 1 heterocycles. The second-order valence-electron chi connectivity index (χ2n) is 6.14. The summed E-state index contributed by atoms with van der Waals surface area (Å²) in [7, 11) is 0. The number of piperidine rings is 1. The normalized spacial score (nSPS) is 15.5. The summed E-state index contributed by atoms with van der Waals surface area (Å²) in [6.07, 6.45) is 3.86. The van der Waals surface area contributed by atoms with Gasteiger partial charge in [0.2, 0.25) is 0 Å². The van der Waals surface area contributed by atoms with Gasteiger partial charge < -0.3 is 10.5 Å². The zero-order chi connectivity index (χ0) is 15.9. The van der Waals surface area contributed by atoms with Crippen LogP contribution in [-0.2, 0) is 13.1 Å². The number of aromatic hydroxyl groups is 1. The van der Waals surface area contributed by atoms with Gasteiger partial charge in [0.05, 0.1) is 0 Å². The second kappa shape index (κ2) is 7.99. The number of hydrazine groups is 1. The van der Waals surface area contributed by atoms with Crippen molar-refractivity contribution < 1.29 is 5.11 Å². The minimum atomic E-state index is 0.398. The molecular formula is C19H25N3O. The maximum Gasteiger partial charge on any atom is 0.120 e. The highest BCUT2D eigenvalue weighted by molar-refractivity contribution is 5.41. The first kappa shape index (κ1) is 15.8. The Hall–Kier alpha value is -2.04. The number of nitrogens with zero attached hydrogens (tertiary/aromatic N) is 1. The van der Waals surface area contributed by atoms with Gasteiger partial charge in [0.15, 0.2) is 0 Å². The molecule has 2 aromatic rings. The first-order valence-electron chi connectivity index (χ1n) is 8.38. The van der Waals surface area contributed by atoms with Crippen LogP contribution in [0.2, 0.25) is 0 Å². The van der Waals surface area contributed by atoms with Crippen molar-refractivity contribution in [2.45, 2.75) is 32.4 Å². The predicted octanol–water partition coefficient (Wildman–Crippen LogP) is 3.49. The van der Waals surface area contributed by atoms with Crippen LogP contribution in [0.3, 0.4) is 0 Å². The topological polar surface area (TPSA) is 47.5 Å². The summed E-state index contributed by atoms with van der Waals surface area (Å²) in [5, 5.41) is 10.1. The molecule has 0 aliphatic carbocycles. The van der Waals surface area contributed by atoms with E-state index >= 15 is 0 Å². The number of phenols is 1. The van der Waals surface area contributed by atoms with Crippen molar-refractivity contribution >= 4 is 5.69 Å². The van der Waals surface area contributed by atoms with E-state index in [1.165, 1.54) is 24.8 Å². The Bertz CT molecular complexity index is 609. The van der Waals surface area contributed by atoms with E-state index in [1.807, 2.05) is 36.4 Å². The fraction of sp³-hybridized carbons (Fsp3) is 0.368. The Kier molecular flexibility index (Phi) is 5.51. The lowest BCUT2D eigenvalue weighted by atomic mass is 10.1. The number of nitrogens with one attached hydrogen (secondary N) is 2. The molecule has 0 amide bonds. The summed E-state index contributed by atoms with van der Waals surface area (Å²) in [6, 6.07) is 15.9. The van der Waals surface area contributed by atoms with Crippen molar-refractivity contribution in [3.05, 3.63) is 59.7 Å². The van der Waals surface area contributed by atoms with E-state index in [2.05, 4.69) is 21.8 Å². The Balaban J connectivity index is 1.56. The average Bonchev–Trinajstić information content (AvgIpc) is 2.60. The number of anilines is 1. The molecule has 1 fully saturated rings. The van der Waals surface area contributed by atoms with Crippen molar-refractivity contribution in [3.63, 3.8) is 0 Å². The number of likely N-dealkylation sites (tertiary alicyclic amines) is 1. The van der Waals surface area contributed by atoms with E-state index in [-0.39, 0.29) is 0 Å². The van der Waals surface area contributed by atoms with Gasteiger partial charge in [0, 0.05) is 24.3 Å². The van der Waals surface area contributed by atoms with Crippen LogP contribution < -0.4 is 10.9 Å². The van der Waals surface area contributed by atoms with Crippen LogP contribution >= 0.6 is 0 Å². The van der Waals surface area contributed by atoms with Crippen LogP contribution in [-0.4, -0.2) is 23.1 Å². The van der Waals surface area contributed by atoms with Gasteiger partial charge in [-0.1, -0.05) is 30.7 Å². The Labute approximate surface area is 138 Å². The van der Waals surface area contributed by atoms with E-state index in [0.717, 1.165) is 30.9 Å². The smallest absolute Gasteiger partial charge is 0.120 e. The summed E-state index contributed by atoms with van der Waals surface area (Å²) in [5.74, 6) is 0.398. The summed E-state index contributed by atoms with van der Waals surface area (Å²) in [6.45, 7) is 3.82. The van der Waals surface area contributed by atoms with E-state index in [0.29, 0.717) is 12.3 Å². The first-order chi connectivity index (χ1) is 11.3. The highest BCUT2D eigenvalue weighted by Gasteiger charge is 2.12. The Morgan fingerprint density at radius 2 is 1.74 bits per heavy atom. The van der Waals surface area contributed by atoms with E-state index < -0.39 is 0 Å². The second-order valence-corrected chi connectivity index (χ2v) is 6.14. The zero-order valence-electron chi connectivity index (χ0n) is 13.5. The van der Waals surface area contributed by atoms with Gasteiger partial charge in [-0.15, -0.1) is 0 Å². The highest BCUT2D eigenvalue weighted by Crippen LogP contribution is 2.22. The highest BCUT2D eigenvalue weighted by atomic mass is 16.3. The standard InChI is InChI=1S/C19H25N3O/c23-19-10-9-16(14-20-21-18-7-3-1-4-8-18)13-17(19)15-22-11-5-2-6-12-22/h1,3-4,7-10,13,20-21,23H,2,5-6,11-12,14-15H2. The number of rotatable bonds is 6. The maximum absolute atomic E-state index is 10.1. The third-order valence-corrected chi connectivity index (χ3v) is 4.29. The van der Waals surface area contributed by atoms with E-state index in [1.54, 1.807) is 6.07 Å². The molecule has 3 N–H and O–H groups in total. The lowest BCUT2D eigenvalue weighted by molar-refractivity contribution is 0.218. The van der Waals surface area contributed by atoms with Gasteiger partial charge in [0.25, 0.3) is 0 Å². The zero-order valence-corrected chi connectivity index (χ0v) is 13.5. The molecule has 0 spiro atoms. The molecule has 0 radical (unpaired) electrons. The Morgan fingerprint density at radius 3 is 2.52 bits per heavy atom. The number of phenolic OH excluding ortho intramolecular Hbond substituents is 1. The van der Waals surface area contributed by atoms with Crippen molar-refractivity contribution in [2.75, 3.05) is 18.5 Å². The van der Waals surface area contributed by atoms with Gasteiger partial charge in [-0.3, -0.25) is 4.90 Å². The van der Waals surface area contributed by atoms with Crippen molar-refractivity contribution in [1.82, 2.24) is 10.3 Å². The molecule has 0 atom stereocenters. The Morgan fingerprint density at radius 1 is 0.957 bits per heavy atom. The lowest BCUT2D eigenvalue weighted by Crippen LogP contribution is -2.29. The molecule has 1 aliphatic rings. The van der Waals surface area contributed by atoms with Gasteiger partial charge in [-0.05, 0) is 55.8 Å². The molecule has 2 aromatic carbocycles. The van der Waals surface area contributed by atoms with E-state index in [4.69, 9.17) is 0 Å². The molecule has 3 rings (SSSR count). The van der Waals surface area contributed by atoms with Crippen molar-refractivity contribution in [3.8, 4) is 5.75 Å². The fourth-order valence-corrected chi connectivity index (χ4v) is 3.00. The van der Waals surface area contributed by atoms with Gasteiger partial charge in [-0.25, -0.2) is 5.43 Å². The molecule has 4 heteroatoms. The summed E-state index contributed by atoms with van der Waals surface area (Å²) >= 11 is 0. The SMILES string of the molecule is Oc1ccc(CNNc2ccccc2)cc1CN1CCCCC1. The third kappa shape index (κ3) is 4.71. The quantitative estimate of drug-likeness (QED) is 0.715. The molecule has 0 bridgehead atoms. The van der Waals surface area contributed by atoms with Crippen molar-refractivity contribution in [2.24, 2.45) is 0 Å². The molecule has 0 aromatic heterocycles. The van der Waals surface area contributed by atoms with Gasteiger partial charge >= 0.3 is 0 Å². The molecule has 1 aliphatic heterocycles. The van der Waals surface area contributed by atoms with Crippen LogP contribution in [0.5, 0.6) is 5.75 Å². The summed E-state index contributed by atoms with van der Waals surface area (Å²) in [5.41, 5.74) is 9.63. The van der Waals surface area contributed by atoms with Crippen LogP contribution in [0.15, 0.2) is 48.5 Å². The molecule has 1 saturated heterocycles. The minimum Gasteiger partial charge on any atom is -0.508 e. The number of benzene rings is 2. The molecule has 23 heavy (non-hydrogen) atoms. The number of para-hydroxylation sites is 1. The molecule has 122 valence electrons. The molecule has 0 unspecified atom stereocenters. The molecule has 0 saturated carbocycles. The van der Waals surface area contributed by atoms with Gasteiger partial charge in [-0.2, -0.15) is 0 Å². The van der Waals surface area contributed by atoms with Crippen LogP contribution in [0, 0.1) is 0 Å². The average molecular weight is 311 g/mol. The number of hydrogen-bond acceptors (Lipinski definition) is 4. The maximum atomic E-state index is 10.1. The first-order valence-corrected chi connectivity index (χ1v) is 8.38. The molecule has 4 nitrogen and oxygen atoms in total. The lowest BCUT2D eigenvalue weighted by Gasteiger charge is -2.26. The monoisotopic (exact) mass is 311 g/mol. The number of hydrogen-bond donors (Lipinski definition) is 3. The summed E-state index contributed by atoms with van der Waals surface area (Å²) < 4.78 is 0. The third-order valence-electron chi connectivity index (χ3n) is 4.29. The van der Waals surface area contributed by atoms with Crippen LogP contribution in [0.25, 0.3) is 0 Å². The fourth-order valence-electron chi connectivity index (χ4n) is 3.00. The van der Waals surface area contributed by atoms with Gasteiger partial charge in [0.1, 0.15) is 5.75 Å². The van der Waals surface area contributed by atoms with Crippen LogP contribution in [0.1, 0.15) is 30.4 Å². The summed E-state index contributed by atoms with van der Waals surface area (Å²) in [4.78, 5) is 2.43. The molecular weight excluding hydrogens is 286 g/mol.